The largest absolute Gasteiger partial charge is 0.480 e. The molecule has 0 aromatic carbocycles. The molecule has 2 heterocycles. The van der Waals surface area contributed by atoms with Crippen molar-refractivity contribution in [2.75, 3.05) is 37.6 Å². The van der Waals surface area contributed by atoms with E-state index in [0.717, 1.165) is 42.3 Å². The third kappa shape index (κ3) is 3.65. The number of halogens is 1. The lowest BCUT2D eigenvalue weighted by Gasteiger charge is -2.20. The molecular formula is C10H14BrN3O2S. The van der Waals surface area contributed by atoms with Gasteiger partial charge in [0.2, 0.25) is 0 Å². The van der Waals surface area contributed by atoms with Gasteiger partial charge in [0.25, 0.3) is 0 Å². The minimum atomic E-state index is -0.754. The number of hydrogen-bond acceptors (Lipinski definition) is 5. The molecule has 5 nitrogen and oxygen atoms in total. The van der Waals surface area contributed by atoms with Crippen LogP contribution in [0.3, 0.4) is 0 Å². The zero-order valence-corrected chi connectivity index (χ0v) is 11.7. The molecule has 94 valence electrons. The lowest BCUT2D eigenvalue weighted by Crippen LogP contribution is -2.34. The van der Waals surface area contributed by atoms with Crippen molar-refractivity contribution in [3.63, 3.8) is 0 Å². The Labute approximate surface area is 112 Å². The predicted molar refractivity (Wildman–Crippen MR) is 70.7 cm³/mol. The van der Waals surface area contributed by atoms with E-state index >= 15 is 0 Å². The zero-order chi connectivity index (χ0) is 12.3. The summed E-state index contributed by atoms with van der Waals surface area (Å²) >= 11 is 4.96. The maximum Gasteiger partial charge on any atom is 0.317 e. The van der Waals surface area contributed by atoms with Gasteiger partial charge in [0.1, 0.15) is 4.60 Å². The number of anilines is 1. The lowest BCUT2D eigenvalue weighted by molar-refractivity contribution is -0.138. The van der Waals surface area contributed by atoms with Crippen LogP contribution < -0.4 is 4.90 Å². The highest BCUT2D eigenvalue weighted by Gasteiger charge is 2.18. The van der Waals surface area contributed by atoms with Crippen LogP contribution in [0.4, 0.5) is 5.13 Å². The minimum Gasteiger partial charge on any atom is -0.480 e. The molecule has 1 saturated heterocycles. The highest BCUT2D eigenvalue weighted by atomic mass is 79.9. The van der Waals surface area contributed by atoms with Crippen LogP contribution in [0.5, 0.6) is 0 Å². The molecular weight excluding hydrogens is 306 g/mol. The van der Waals surface area contributed by atoms with Gasteiger partial charge < -0.3 is 10.0 Å². The van der Waals surface area contributed by atoms with Gasteiger partial charge in [-0.3, -0.25) is 9.69 Å². The Morgan fingerprint density at radius 1 is 1.47 bits per heavy atom. The topological polar surface area (TPSA) is 56.7 Å². The van der Waals surface area contributed by atoms with Crippen LogP contribution in [0, 0.1) is 0 Å². The third-order valence-electron chi connectivity index (χ3n) is 2.68. The number of thiazole rings is 1. The zero-order valence-electron chi connectivity index (χ0n) is 9.30. The van der Waals surface area contributed by atoms with Gasteiger partial charge >= 0.3 is 5.97 Å². The van der Waals surface area contributed by atoms with Crippen LogP contribution in [0.1, 0.15) is 6.42 Å². The van der Waals surface area contributed by atoms with E-state index in [4.69, 9.17) is 5.11 Å². The van der Waals surface area contributed by atoms with Gasteiger partial charge in [0.05, 0.1) is 6.54 Å². The molecule has 7 heteroatoms. The minimum absolute atomic E-state index is 0.134. The van der Waals surface area contributed by atoms with E-state index in [1.807, 2.05) is 10.3 Å². The summed E-state index contributed by atoms with van der Waals surface area (Å²) in [6.45, 7) is 3.54. The van der Waals surface area contributed by atoms with Crippen LogP contribution in [-0.4, -0.2) is 53.7 Å². The van der Waals surface area contributed by atoms with Crippen molar-refractivity contribution in [2.45, 2.75) is 6.42 Å². The first-order valence-electron chi connectivity index (χ1n) is 5.45. The molecule has 1 aromatic heterocycles. The smallest absolute Gasteiger partial charge is 0.317 e. The second-order valence-electron chi connectivity index (χ2n) is 3.96. The van der Waals surface area contributed by atoms with Crippen LogP contribution in [-0.2, 0) is 4.79 Å². The van der Waals surface area contributed by atoms with E-state index < -0.39 is 5.97 Å². The van der Waals surface area contributed by atoms with Crippen molar-refractivity contribution >= 4 is 38.4 Å². The quantitative estimate of drug-likeness (QED) is 0.915. The van der Waals surface area contributed by atoms with Gasteiger partial charge in [-0.05, 0) is 22.4 Å². The maximum atomic E-state index is 10.7. The fraction of sp³-hybridized carbons (Fsp3) is 0.600. The summed E-state index contributed by atoms with van der Waals surface area (Å²) in [5.74, 6) is -0.754. The molecule has 1 aliphatic heterocycles. The fourth-order valence-corrected chi connectivity index (χ4v) is 3.21. The summed E-state index contributed by atoms with van der Waals surface area (Å²) in [5, 5.41) is 11.7. The Morgan fingerprint density at radius 3 is 2.94 bits per heavy atom. The first kappa shape index (κ1) is 12.8. The summed E-state index contributed by atoms with van der Waals surface area (Å²) < 4.78 is 0.865. The van der Waals surface area contributed by atoms with Crippen molar-refractivity contribution in [2.24, 2.45) is 0 Å². The van der Waals surface area contributed by atoms with Crippen molar-refractivity contribution < 1.29 is 9.90 Å². The highest BCUT2D eigenvalue weighted by molar-refractivity contribution is 9.10. The van der Waals surface area contributed by atoms with Crippen LogP contribution in [0.15, 0.2) is 9.98 Å². The summed E-state index contributed by atoms with van der Waals surface area (Å²) in [4.78, 5) is 19.2. The number of carboxylic acids is 1. The average molecular weight is 320 g/mol. The first-order chi connectivity index (χ1) is 8.15. The van der Waals surface area contributed by atoms with Gasteiger partial charge in [0, 0.05) is 31.6 Å². The van der Waals surface area contributed by atoms with E-state index in [1.165, 1.54) is 0 Å². The standard InChI is InChI=1S/C10H14BrN3O2S/c11-8-7-17-10(12-8)14-3-1-2-13(4-5-14)6-9(15)16/h7H,1-6H2,(H,15,16). The van der Waals surface area contributed by atoms with Gasteiger partial charge in [-0.15, -0.1) is 11.3 Å². The molecule has 0 radical (unpaired) electrons. The number of hydrogen-bond donors (Lipinski definition) is 1. The van der Waals surface area contributed by atoms with Crippen LogP contribution >= 0.6 is 27.3 Å². The van der Waals surface area contributed by atoms with E-state index in [9.17, 15) is 4.79 Å². The molecule has 17 heavy (non-hydrogen) atoms. The monoisotopic (exact) mass is 319 g/mol. The molecule has 0 amide bonds. The number of aromatic nitrogens is 1. The van der Waals surface area contributed by atoms with Gasteiger partial charge in [-0.25, -0.2) is 4.98 Å². The third-order valence-corrected chi connectivity index (χ3v) is 4.29. The van der Waals surface area contributed by atoms with E-state index in [0.29, 0.717) is 0 Å². The summed E-state index contributed by atoms with van der Waals surface area (Å²) in [6.07, 6.45) is 0.977. The van der Waals surface area contributed by atoms with E-state index in [2.05, 4.69) is 25.8 Å². The van der Waals surface area contributed by atoms with Crippen molar-refractivity contribution in [3.05, 3.63) is 9.98 Å². The average Bonchev–Trinajstić information content (AvgIpc) is 2.56. The van der Waals surface area contributed by atoms with Crippen molar-refractivity contribution in [3.8, 4) is 0 Å². The molecule has 0 saturated carbocycles. The molecule has 0 spiro atoms. The number of carbonyl (C=O) groups is 1. The van der Waals surface area contributed by atoms with Crippen molar-refractivity contribution in [1.82, 2.24) is 9.88 Å². The fourth-order valence-electron chi connectivity index (χ4n) is 1.90. The summed E-state index contributed by atoms with van der Waals surface area (Å²) in [5.41, 5.74) is 0. The Kier molecular flexibility index (Phi) is 4.36. The van der Waals surface area contributed by atoms with Gasteiger partial charge in [-0.1, -0.05) is 0 Å². The second-order valence-corrected chi connectivity index (χ2v) is 5.61. The Bertz CT molecular complexity index is 399. The van der Waals surface area contributed by atoms with E-state index in [1.54, 1.807) is 11.3 Å². The maximum absolute atomic E-state index is 10.7. The SMILES string of the molecule is O=C(O)CN1CCCN(c2nc(Br)cs2)CC1. The summed E-state index contributed by atoms with van der Waals surface area (Å²) in [7, 11) is 0. The second kappa shape index (κ2) is 5.79. The summed E-state index contributed by atoms with van der Waals surface area (Å²) in [6, 6.07) is 0. The van der Waals surface area contributed by atoms with Crippen LogP contribution in [0.2, 0.25) is 0 Å². The Morgan fingerprint density at radius 2 is 2.29 bits per heavy atom. The number of carboxylic acid groups (broad SMARTS) is 1. The number of aliphatic carboxylic acids is 1. The Balaban J connectivity index is 1.93. The van der Waals surface area contributed by atoms with Gasteiger partial charge in [-0.2, -0.15) is 0 Å². The molecule has 0 atom stereocenters. The Hall–Kier alpha value is -0.660. The molecule has 2 rings (SSSR count). The highest BCUT2D eigenvalue weighted by Crippen LogP contribution is 2.24. The van der Waals surface area contributed by atoms with E-state index in [-0.39, 0.29) is 6.54 Å². The first-order valence-corrected chi connectivity index (χ1v) is 7.12. The molecule has 0 unspecified atom stereocenters. The molecule has 1 N–H and O–H groups in total. The number of nitrogens with zero attached hydrogens (tertiary/aromatic N) is 3. The lowest BCUT2D eigenvalue weighted by atomic mass is 10.4. The van der Waals surface area contributed by atoms with Crippen molar-refractivity contribution in [1.29, 1.82) is 0 Å². The molecule has 0 bridgehead atoms. The predicted octanol–water partition coefficient (Wildman–Crippen LogP) is 1.50. The number of rotatable bonds is 3. The molecule has 0 aliphatic carbocycles. The van der Waals surface area contributed by atoms with Crippen LogP contribution in [0.25, 0.3) is 0 Å². The molecule has 1 aliphatic rings. The van der Waals surface area contributed by atoms with Gasteiger partial charge in [0.15, 0.2) is 5.13 Å². The molecule has 1 fully saturated rings. The normalized spacial score (nSPS) is 18.1. The molecule has 1 aromatic rings.